The lowest BCUT2D eigenvalue weighted by Gasteiger charge is -2.40. The van der Waals surface area contributed by atoms with Crippen LogP contribution in [0.3, 0.4) is 0 Å². The molecule has 1 saturated carbocycles. The minimum absolute atomic E-state index is 0.132. The molecule has 2 unspecified atom stereocenters. The Kier molecular flexibility index (Phi) is 3.65. The highest BCUT2D eigenvalue weighted by Gasteiger charge is 2.32. The number of nitrogens with one attached hydrogen (secondary N) is 1. The minimum atomic E-state index is -0.132. The second kappa shape index (κ2) is 4.91. The number of halogens is 1. The quantitative estimate of drug-likeness (QED) is 0.796. The SMILES string of the molecule is Cc1ccc(NC2CCC(C)(C)CC2C)c(F)c1. The van der Waals surface area contributed by atoms with Crippen LogP contribution in [-0.2, 0) is 0 Å². The Hall–Kier alpha value is -1.05. The van der Waals surface area contributed by atoms with E-state index in [4.69, 9.17) is 0 Å². The lowest BCUT2D eigenvalue weighted by atomic mass is 9.70. The van der Waals surface area contributed by atoms with Gasteiger partial charge in [0.2, 0.25) is 0 Å². The Morgan fingerprint density at radius 1 is 1.33 bits per heavy atom. The van der Waals surface area contributed by atoms with E-state index in [1.54, 1.807) is 6.07 Å². The number of hydrogen-bond acceptors (Lipinski definition) is 1. The smallest absolute Gasteiger partial charge is 0.146 e. The second-order valence-corrected chi connectivity index (χ2v) is 6.62. The topological polar surface area (TPSA) is 12.0 Å². The molecule has 0 saturated heterocycles. The molecule has 1 fully saturated rings. The summed E-state index contributed by atoms with van der Waals surface area (Å²) in [5.41, 5.74) is 2.05. The van der Waals surface area contributed by atoms with Gasteiger partial charge in [-0.25, -0.2) is 4.39 Å². The summed E-state index contributed by atoms with van der Waals surface area (Å²) in [5.74, 6) is 0.460. The van der Waals surface area contributed by atoms with Gasteiger partial charge in [-0.15, -0.1) is 0 Å². The van der Waals surface area contributed by atoms with Crippen molar-refractivity contribution >= 4 is 5.69 Å². The Morgan fingerprint density at radius 3 is 2.67 bits per heavy atom. The monoisotopic (exact) mass is 249 g/mol. The number of aryl methyl sites for hydroxylation is 1. The first kappa shape index (κ1) is 13.4. The Morgan fingerprint density at radius 2 is 2.06 bits per heavy atom. The van der Waals surface area contributed by atoms with E-state index in [1.165, 1.54) is 12.8 Å². The Labute approximate surface area is 110 Å². The molecule has 1 nitrogen and oxygen atoms in total. The maximum Gasteiger partial charge on any atom is 0.146 e. The molecular weight excluding hydrogens is 225 g/mol. The minimum Gasteiger partial charge on any atom is -0.380 e. The van der Waals surface area contributed by atoms with E-state index >= 15 is 0 Å². The van der Waals surface area contributed by atoms with Crippen LogP contribution < -0.4 is 5.32 Å². The van der Waals surface area contributed by atoms with Crippen molar-refractivity contribution in [1.29, 1.82) is 0 Å². The van der Waals surface area contributed by atoms with Crippen LogP contribution in [0.5, 0.6) is 0 Å². The zero-order valence-corrected chi connectivity index (χ0v) is 11.9. The third-order valence-corrected chi connectivity index (χ3v) is 4.16. The Bertz CT molecular complexity index is 425. The fourth-order valence-electron chi connectivity index (χ4n) is 3.10. The molecule has 100 valence electrons. The summed E-state index contributed by atoms with van der Waals surface area (Å²) in [4.78, 5) is 0. The van der Waals surface area contributed by atoms with Gasteiger partial charge in [0.25, 0.3) is 0 Å². The molecule has 1 aromatic carbocycles. The highest BCUT2D eigenvalue weighted by Crippen LogP contribution is 2.39. The summed E-state index contributed by atoms with van der Waals surface area (Å²) >= 11 is 0. The maximum atomic E-state index is 13.8. The first-order valence-electron chi connectivity index (χ1n) is 6.90. The fourth-order valence-corrected chi connectivity index (χ4v) is 3.10. The van der Waals surface area contributed by atoms with Crippen LogP contribution in [0.15, 0.2) is 18.2 Å². The zero-order valence-electron chi connectivity index (χ0n) is 11.9. The van der Waals surface area contributed by atoms with Gasteiger partial charge >= 0.3 is 0 Å². The predicted octanol–water partition coefficient (Wildman–Crippen LogP) is 4.76. The largest absolute Gasteiger partial charge is 0.380 e. The van der Waals surface area contributed by atoms with Crippen LogP contribution in [0.4, 0.5) is 10.1 Å². The van der Waals surface area contributed by atoms with Crippen molar-refractivity contribution in [3.63, 3.8) is 0 Å². The first-order valence-corrected chi connectivity index (χ1v) is 6.90. The normalized spacial score (nSPS) is 26.9. The van der Waals surface area contributed by atoms with E-state index in [0.29, 0.717) is 23.1 Å². The van der Waals surface area contributed by atoms with Crippen molar-refractivity contribution in [1.82, 2.24) is 0 Å². The second-order valence-electron chi connectivity index (χ2n) is 6.62. The van der Waals surface area contributed by atoms with Gasteiger partial charge in [0.05, 0.1) is 5.69 Å². The van der Waals surface area contributed by atoms with Crippen molar-refractivity contribution in [2.24, 2.45) is 11.3 Å². The van der Waals surface area contributed by atoms with Crippen LogP contribution in [0.1, 0.15) is 45.6 Å². The summed E-state index contributed by atoms with van der Waals surface area (Å²) in [6, 6.07) is 5.81. The maximum absolute atomic E-state index is 13.8. The van der Waals surface area contributed by atoms with E-state index in [-0.39, 0.29) is 5.82 Å². The van der Waals surface area contributed by atoms with Crippen molar-refractivity contribution in [3.8, 4) is 0 Å². The van der Waals surface area contributed by atoms with Gasteiger partial charge < -0.3 is 5.32 Å². The summed E-state index contributed by atoms with van der Waals surface area (Å²) in [7, 11) is 0. The molecule has 0 aromatic heterocycles. The van der Waals surface area contributed by atoms with E-state index in [1.807, 2.05) is 19.1 Å². The van der Waals surface area contributed by atoms with E-state index in [0.717, 1.165) is 12.0 Å². The molecule has 1 aliphatic rings. The van der Waals surface area contributed by atoms with Gasteiger partial charge in [0.1, 0.15) is 5.82 Å². The van der Waals surface area contributed by atoms with Gasteiger partial charge in [-0.2, -0.15) is 0 Å². The molecule has 1 aliphatic carbocycles. The molecule has 18 heavy (non-hydrogen) atoms. The average molecular weight is 249 g/mol. The van der Waals surface area contributed by atoms with Crippen LogP contribution >= 0.6 is 0 Å². The van der Waals surface area contributed by atoms with Crippen LogP contribution in [-0.4, -0.2) is 6.04 Å². The number of benzene rings is 1. The molecule has 0 amide bonds. The summed E-state index contributed by atoms with van der Waals surface area (Å²) in [6.07, 6.45) is 3.54. The van der Waals surface area contributed by atoms with Crippen LogP contribution in [0, 0.1) is 24.1 Å². The highest BCUT2D eigenvalue weighted by molar-refractivity contribution is 5.47. The molecule has 1 aromatic rings. The van der Waals surface area contributed by atoms with Crippen LogP contribution in [0.2, 0.25) is 0 Å². The number of rotatable bonds is 2. The van der Waals surface area contributed by atoms with E-state index < -0.39 is 0 Å². The van der Waals surface area contributed by atoms with Crippen molar-refractivity contribution in [2.45, 2.75) is 53.0 Å². The number of hydrogen-bond donors (Lipinski definition) is 1. The molecular formula is C16H24FN. The summed E-state index contributed by atoms with van der Waals surface area (Å²) < 4.78 is 13.8. The van der Waals surface area contributed by atoms with Crippen molar-refractivity contribution in [3.05, 3.63) is 29.6 Å². The average Bonchev–Trinajstić information content (AvgIpc) is 2.24. The molecule has 1 N–H and O–H groups in total. The lowest BCUT2D eigenvalue weighted by Crippen LogP contribution is -2.37. The Balaban J connectivity index is 2.06. The molecule has 0 aliphatic heterocycles. The van der Waals surface area contributed by atoms with Gasteiger partial charge in [-0.3, -0.25) is 0 Å². The third-order valence-electron chi connectivity index (χ3n) is 4.16. The van der Waals surface area contributed by atoms with Crippen molar-refractivity contribution < 1.29 is 4.39 Å². The van der Waals surface area contributed by atoms with Gasteiger partial charge in [0, 0.05) is 6.04 Å². The standard InChI is InChI=1S/C16H24FN/c1-11-5-6-15(13(17)9-11)18-14-7-8-16(3,4)10-12(14)2/h5-6,9,12,14,18H,7-8,10H2,1-4H3. The molecule has 0 spiro atoms. The van der Waals surface area contributed by atoms with Gasteiger partial charge in [-0.05, 0) is 55.2 Å². The first-order chi connectivity index (χ1) is 8.37. The van der Waals surface area contributed by atoms with E-state index in [9.17, 15) is 4.39 Å². The van der Waals surface area contributed by atoms with Gasteiger partial charge in [-0.1, -0.05) is 26.8 Å². The fraction of sp³-hybridized carbons (Fsp3) is 0.625. The molecule has 0 radical (unpaired) electrons. The molecule has 0 bridgehead atoms. The van der Waals surface area contributed by atoms with E-state index in [2.05, 4.69) is 26.1 Å². The lowest BCUT2D eigenvalue weighted by molar-refractivity contribution is 0.177. The highest BCUT2D eigenvalue weighted by atomic mass is 19.1. The molecule has 2 heteroatoms. The molecule has 2 atom stereocenters. The van der Waals surface area contributed by atoms with Gasteiger partial charge in [0.15, 0.2) is 0 Å². The molecule has 0 heterocycles. The molecule has 2 rings (SSSR count). The third kappa shape index (κ3) is 3.04. The van der Waals surface area contributed by atoms with Crippen molar-refractivity contribution in [2.75, 3.05) is 5.32 Å². The van der Waals surface area contributed by atoms with Crippen LogP contribution in [0.25, 0.3) is 0 Å². The summed E-state index contributed by atoms with van der Waals surface area (Å²) in [6.45, 7) is 8.83. The number of anilines is 1. The zero-order chi connectivity index (χ0) is 13.3. The predicted molar refractivity (Wildman–Crippen MR) is 75.3 cm³/mol. The summed E-state index contributed by atoms with van der Waals surface area (Å²) in [5, 5.41) is 3.39.